The molecule has 0 radical (unpaired) electrons. The standard InChI is InChI=1S/C22H12BrN/c23-17-9-3-5-13-11-12-19-21(20(13)17)16-8-4-7-15-14-6-1-2-10-18(14)24(19)22(15)16/h1-12H. The Morgan fingerprint density at radius 3 is 2.33 bits per heavy atom. The number of halogens is 1. The maximum Gasteiger partial charge on any atom is 0.0620 e. The fourth-order valence-corrected chi connectivity index (χ4v) is 4.83. The SMILES string of the molecule is Brc1cccc2ccc3c(c4cccc5c6ccccc6n3c54)c12. The van der Waals surface area contributed by atoms with Crippen LogP contribution in [0.2, 0.25) is 0 Å². The second-order valence-corrected chi connectivity index (χ2v) is 7.21. The third-order valence-electron chi connectivity index (χ3n) is 5.18. The monoisotopic (exact) mass is 369 g/mol. The second-order valence-electron chi connectivity index (χ2n) is 6.35. The lowest BCUT2D eigenvalue weighted by molar-refractivity contribution is 1.37. The van der Waals surface area contributed by atoms with Crippen LogP contribution in [0.3, 0.4) is 0 Å². The summed E-state index contributed by atoms with van der Waals surface area (Å²) in [4.78, 5) is 0. The van der Waals surface area contributed by atoms with Crippen molar-refractivity contribution < 1.29 is 0 Å². The van der Waals surface area contributed by atoms with Gasteiger partial charge >= 0.3 is 0 Å². The van der Waals surface area contributed by atoms with E-state index in [1.807, 2.05) is 0 Å². The van der Waals surface area contributed by atoms with E-state index >= 15 is 0 Å². The van der Waals surface area contributed by atoms with E-state index in [4.69, 9.17) is 0 Å². The van der Waals surface area contributed by atoms with Crippen molar-refractivity contribution >= 4 is 64.8 Å². The minimum Gasteiger partial charge on any atom is -0.308 e. The zero-order valence-electron chi connectivity index (χ0n) is 12.8. The Bertz CT molecular complexity index is 1410. The van der Waals surface area contributed by atoms with Gasteiger partial charge in [0.25, 0.3) is 0 Å². The Morgan fingerprint density at radius 1 is 0.583 bits per heavy atom. The van der Waals surface area contributed by atoms with Crippen LogP contribution in [0, 0.1) is 0 Å². The molecule has 0 saturated heterocycles. The van der Waals surface area contributed by atoms with Crippen LogP contribution in [0.4, 0.5) is 0 Å². The van der Waals surface area contributed by atoms with Gasteiger partial charge in [0.1, 0.15) is 0 Å². The molecular formula is C22H12BrN. The van der Waals surface area contributed by atoms with E-state index in [9.17, 15) is 0 Å². The van der Waals surface area contributed by atoms with Crippen LogP contribution < -0.4 is 0 Å². The zero-order chi connectivity index (χ0) is 15.8. The predicted octanol–water partition coefficient (Wildman–Crippen LogP) is 6.75. The highest BCUT2D eigenvalue weighted by Crippen LogP contribution is 2.42. The van der Waals surface area contributed by atoms with Crippen molar-refractivity contribution in [1.82, 2.24) is 4.40 Å². The number of para-hydroxylation sites is 2. The number of hydrogen-bond acceptors (Lipinski definition) is 0. The molecule has 0 bridgehead atoms. The molecule has 24 heavy (non-hydrogen) atoms. The van der Waals surface area contributed by atoms with Gasteiger partial charge in [-0.05, 0) is 23.6 Å². The van der Waals surface area contributed by atoms with E-state index in [1.54, 1.807) is 0 Å². The second kappa shape index (κ2) is 4.28. The first-order valence-electron chi connectivity index (χ1n) is 8.09. The third kappa shape index (κ3) is 1.37. The molecule has 1 nitrogen and oxygen atoms in total. The summed E-state index contributed by atoms with van der Waals surface area (Å²) in [7, 11) is 0. The van der Waals surface area contributed by atoms with Crippen LogP contribution in [0.15, 0.2) is 77.3 Å². The normalized spacial score (nSPS) is 12.4. The molecule has 0 atom stereocenters. The quantitative estimate of drug-likeness (QED) is 0.278. The summed E-state index contributed by atoms with van der Waals surface area (Å²) < 4.78 is 3.58. The predicted molar refractivity (Wildman–Crippen MR) is 106 cm³/mol. The average Bonchev–Trinajstić information content (AvgIpc) is 3.13. The highest BCUT2D eigenvalue weighted by molar-refractivity contribution is 9.10. The van der Waals surface area contributed by atoms with Crippen molar-refractivity contribution in [2.24, 2.45) is 0 Å². The van der Waals surface area contributed by atoms with Gasteiger partial charge in [-0.3, -0.25) is 0 Å². The van der Waals surface area contributed by atoms with E-state index in [-0.39, 0.29) is 0 Å². The maximum absolute atomic E-state index is 3.77. The first-order valence-corrected chi connectivity index (χ1v) is 8.88. The Hall–Kier alpha value is -2.58. The van der Waals surface area contributed by atoms with Gasteiger partial charge in [-0.2, -0.15) is 0 Å². The summed E-state index contributed by atoms with van der Waals surface area (Å²) in [5, 5.41) is 7.90. The summed E-state index contributed by atoms with van der Waals surface area (Å²) >= 11 is 3.77. The average molecular weight is 370 g/mol. The molecule has 0 fully saturated rings. The summed E-state index contributed by atoms with van der Waals surface area (Å²) in [6, 6.07) is 26.3. The van der Waals surface area contributed by atoms with Gasteiger partial charge in [0.2, 0.25) is 0 Å². The molecule has 2 heteroatoms. The topological polar surface area (TPSA) is 4.41 Å². The molecule has 6 aromatic rings. The summed E-state index contributed by atoms with van der Waals surface area (Å²) in [6.07, 6.45) is 0. The van der Waals surface area contributed by atoms with Crippen molar-refractivity contribution in [3.63, 3.8) is 0 Å². The van der Waals surface area contributed by atoms with E-state index in [0.717, 1.165) is 4.47 Å². The molecule has 112 valence electrons. The third-order valence-corrected chi connectivity index (χ3v) is 5.84. The number of benzene rings is 4. The van der Waals surface area contributed by atoms with Gasteiger partial charge in [0, 0.05) is 31.4 Å². The number of nitrogens with zero attached hydrogens (tertiary/aromatic N) is 1. The molecule has 0 aliphatic rings. The van der Waals surface area contributed by atoms with Gasteiger partial charge in [-0.1, -0.05) is 70.5 Å². The van der Waals surface area contributed by atoms with E-state index in [1.165, 1.54) is 48.9 Å². The molecule has 4 aromatic carbocycles. The highest BCUT2D eigenvalue weighted by atomic mass is 79.9. The summed E-state index contributed by atoms with van der Waals surface area (Å²) in [6.45, 7) is 0. The van der Waals surface area contributed by atoms with E-state index < -0.39 is 0 Å². The largest absolute Gasteiger partial charge is 0.308 e. The maximum atomic E-state index is 3.77. The lowest BCUT2D eigenvalue weighted by atomic mass is 10.0. The van der Waals surface area contributed by atoms with Gasteiger partial charge in [0.15, 0.2) is 0 Å². The van der Waals surface area contributed by atoms with Crippen molar-refractivity contribution in [2.75, 3.05) is 0 Å². The zero-order valence-corrected chi connectivity index (χ0v) is 14.3. The van der Waals surface area contributed by atoms with Crippen LogP contribution in [0.25, 0.3) is 48.9 Å². The molecule has 0 unspecified atom stereocenters. The summed E-state index contributed by atoms with van der Waals surface area (Å²) in [5.41, 5.74) is 3.89. The molecule has 2 aromatic heterocycles. The lowest BCUT2D eigenvalue weighted by Gasteiger charge is -2.04. The first kappa shape index (κ1) is 12.8. The van der Waals surface area contributed by atoms with Gasteiger partial charge in [-0.15, -0.1) is 0 Å². The van der Waals surface area contributed by atoms with Crippen molar-refractivity contribution in [3.05, 3.63) is 77.3 Å². The van der Waals surface area contributed by atoms with E-state index in [2.05, 4.69) is 93.1 Å². The number of aromatic nitrogens is 1. The van der Waals surface area contributed by atoms with Crippen molar-refractivity contribution in [1.29, 1.82) is 0 Å². The minimum atomic E-state index is 1.16. The molecule has 0 amide bonds. The van der Waals surface area contributed by atoms with Crippen LogP contribution in [-0.2, 0) is 0 Å². The smallest absolute Gasteiger partial charge is 0.0620 e. The molecule has 0 aliphatic carbocycles. The van der Waals surface area contributed by atoms with Crippen LogP contribution >= 0.6 is 15.9 Å². The highest BCUT2D eigenvalue weighted by Gasteiger charge is 2.18. The molecule has 2 heterocycles. The number of rotatable bonds is 0. The molecule has 0 N–H and O–H groups in total. The fourth-order valence-electron chi connectivity index (χ4n) is 4.25. The number of hydrogen-bond donors (Lipinski definition) is 0. The fraction of sp³-hybridized carbons (Fsp3) is 0. The first-order chi connectivity index (χ1) is 11.8. The molecule has 6 rings (SSSR count). The van der Waals surface area contributed by atoms with Crippen LogP contribution in [-0.4, -0.2) is 4.40 Å². The Kier molecular flexibility index (Phi) is 2.28. The number of fused-ring (bicyclic) bond motifs is 8. The molecule has 0 spiro atoms. The Balaban J connectivity index is 2.08. The van der Waals surface area contributed by atoms with Crippen molar-refractivity contribution in [2.45, 2.75) is 0 Å². The van der Waals surface area contributed by atoms with Crippen molar-refractivity contribution in [3.8, 4) is 0 Å². The van der Waals surface area contributed by atoms with Crippen LogP contribution in [0.1, 0.15) is 0 Å². The summed E-state index contributed by atoms with van der Waals surface area (Å²) in [5.74, 6) is 0. The molecule has 0 saturated carbocycles. The van der Waals surface area contributed by atoms with Gasteiger partial charge in [-0.25, -0.2) is 0 Å². The molecular weight excluding hydrogens is 358 g/mol. The minimum absolute atomic E-state index is 1.16. The Labute approximate surface area is 146 Å². The molecule has 0 aliphatic heterocycles. The van der Waals surface area contributed by atoms with E-state index in [0.29, 0.717) is 0 Å². The van der Waals surface area contributed by atoms with Gasteiger partial charge in [0.05, 0.1) is 16.6 Å². The van der Waals surface area contributed by atoms with Gasteiger partial charge < -0.3 is 4.40 Å². The lowest BCUT2D eigenvalue weighted by Crippen LogP contribution is -1.81. The van der Waals surface area contributed by atoms with Crippen LogP contribution in [0.5, 0.6) is 0 Å². The Morgan fingerprint density at radius 2 is 1.38 bits per heavy atom.